The fourth-order valence-electron chi connectivity index (χ4n) is 3.39. The lowest BCUT2D eigenvalue weighted by atomic mass is 9.82. The molecule has 0 aliphatic heterocycles. The van der Waals surface area contributed by atoms with E-state index in [1.807, 2.05) is 6.20 Å². The lowest BCUT2D eigenvalue weighted by Gasteiger charge is -2.33. The van der Waals surface area contributed by atoms with Crippen LogP contribution in [0.15, 0.2) is 11.8 Å². The molecule has 0 unspecified atom stereocenters. The number of carbonyl (C=O) groups is 1. The molecular weight excluding hydrogens is 248 g/mol. The molecule has 0 aromatic rings. The van der Waals surface area contributed by atoms with Crippen LogP contribution in [0.3, 0.4) is 0 Å². The highest BCUT2D eigenvalue weighted by Crippen LogP contribution is 2.30. The second-order valence-electron chi connectivity index (χ2n) is 8.09. The Balaban J connectivity index is 2.44. The number of rotatable bonds is 4. The van der Waals surface area contributed by atoms with Crippen molar-refractivity contribution < 1.29 is 4.79 Å². The minimum Gasteiger partial charge on any atom is -0.333 e. The maximum Gasteiger partial charge on any atom is 0.319 e. The van der Waals surface area contributed by atoms with Crippen LogP contribution >= 0.6 is 0 Å². The zero-order valence-electron chi connectivity index (χ0n) is 14.1. The van der Waals surface area contributed by atoms with E-state index in [1.54, 1.807) is 0 Å². The van der Waals surface area contributed by atoms with Crippen LogP contribution in [0, 0.1) is 11.3 Å². The molecule has 0 radical (unpaired) electrons. The minimum absolute atomic E-state index is 0.100. The lowest BCUT2D eigenvalue weighted by Crippen LogP contribution is -2.49. The number of amides is 2. The van der Waals surface area contributed by atoms with Gasteiger partial charge in [-0.25, -0.2) is 4.79 Å². The topological polar surface area (TPSA) is 41.1 Å². The highest BCUT2D eigenvalue weighted by Gasteiger charge is 2.26. The van der Waals surface area contributed by atoms with Crippen molar-refractivity contribution in [3.63, 3.8) is 0 Å². The first-order valence-electron chi connectivity index (χ1n) is 7.84. The molecule has 0 atom stereocenters. The predicted molar refractivity (Wildman–Crippen MR) is 85.5 cm³/mol. The Morgan fingerprint density at radius 3 is 2.20 bits per heavy atom. The lowest BCUT2D eigenvalue weighted by molar-refractivity contribution is 0.213. The summed E-state index contributed by atoms with van der Waals surface area (Å²) < 4.78 is 0. The average Bonchev–Trinajstić information content (AvgIpc) is 2.74. The molecule has 2 amide bonds. The molecule has 116 valence electrons. The summed E-state index contributed by atoms with van der Waals surface area (Å²) in [6.45, 7) is 12.8. The van der Waals surface area contributed by atoms with E-state index in [1.165, 1.54) is 31.3 Å². The van der Waals surface area contributed by atoms with Gasteiger partial charge in [0.15, 0.2) is 0 Å². The van der Waals surface area contributed by atoms with Gasteiger partial charge in [-0.1, -0.05) is 39.2 Å². The molecule has 0 spiro atoms. The summed E-state index contributed by atoms with van der Waals surface area (Å²) in [5.74, 6) is 0.665. The molecule has 1 saturated carbocycles. The van der Waals surface area contributed by atoms with Crippen molar-refractivity contribution in [1.29, 1.82) is 0 Å². The van der Waals surface area contributed by atoms with E-state index in [0.29, 0.717) is 5.92 Å². The summed E-state index contributed by atoms with van der Waals surface area (Å²) >= 11 is 0. The van der Waals surface area contributed by atoms with Crippen molar-refractivity contribution in [2.24, 2.45) is 11.3 Å². The van der Waals surface area contributed by atoms with Crippen LogP contribution < -0.4 is 10.6 Å². The van der Waals surface area contributed by atoms with Gasteiger partial charge in [0.2, 0.25) is 0 Å². The largest absolute Gasteiger partial charge is 0.333 e. The smallest absolute Gasteiger partial charge is 0.319 e. The van der Waals surface area contributed by atoms with Crippen molar-refractivity contribution in [3.8, 4) is 0 Å². The fraction of sp³-hybridized carbons (Fsp3) is 0.824. The van der Waals surface area contributed by atoms with Crippen LogP contribution in [0.5, 0.6) is 0 Å². The summed E-state index contributed by atoms with van der Waals surface area (Å²) in [7, 11) is 0. The molecule has 0 heterocycles. The van der Waals surface area contributed by atoms with Gasteiger partial charge in [0.25, 0.3) is 0 Å². The third-order valence-corrected chi connectivity index (χ3v) is 3.85. The molecule has 0 bridgehead atoms. The summed E-state index contributed by atoms with van der Waals surface area (Å²) in [5.41, 5.74) is 1.30. The molecule has 1 fully saturated rings. The normalized spacial score (nSPS) is 18.2. The average molecular weight is 280 g/mol. The monoisotopic (exact) mass is 280 g/mol. The fourth-order valence-corrected chi connectivity index (χ4v) is 3.39. The van der Waals surface area contributed by atoms with Crippen LogP contribution in [0.1, 0.15) is 73.6 Å². The molecule has 20 heavy (non-hydrogen) atoms. The summed E-state index contributed by atoms with van der Waals surface area (Å²) in [6, 6.07) is -0.100. The first-order valence-corrected chi connectivity index (χ1v) is 7.84. The number of nitrogens with one attached hydrogen (secondary N) is 2. The van der Waals surface area contributed by atoms with Crippen molar-refractivity contribution >= 4 is 6.03 Å². The van der Waals surface area contributed by atoms with Crippen LogP contribution in [0.2, 0.25) is 0 Å². The Kier molecular flexibility index (Phi) is 5.67. The third-order valence-electron chi connectivity index (χ3n) is 3.85. The summed E-state index contributed by atoms with van der Waals surface area (Å²) in [6.07, 6.45) is 8.00. The van der Waals surface area contributed by atoms with Gasteiger partial charge in [-0.2, -0.15) is 0 Å². The maximum atomic E-state index is 12.0. The van der Waals surface area contributed by atoms with E-state index in [0.717, 1.165) is 6.42 Å². The first kappa shape index (κ1) is 17.1. The highest BCUT2D eigenvalue weighted by molar-refractivity contribution is 5.75. The van der Waals surface area contributed by atoms with E-state index < -0.39 is 0 Å². The summed E-state index contributed by atoms with van der Waals surface area (Å²) in [4.78, 5) is 12.0. The molecule has 0 aromatic heterocycles. The van der Waals surface area contributed by atoms with Gasteiger partial charge in [-0.15, -0.1) is 0 Å². The molecule has 1 aliphatic rings. The van der Waals surface area contributed by atoms with Crippen LogP contribution in [-0.4, -0.2) is 11.6 Å². The number of carbonyl (C=O) groups excluding carboxylic acids is 1. The van der Waals surface area contributed by atoms with Crippen molar-refractivity contribution in [2.45, 2.75) is 79.2 Å². The second-order valence-corrected chi connectivity index (χ2v) is 8.09. The number of urea groups is 1. The third kappa shape index (κ3) is 6.44. The SMILES string of the molecule is C/C(=C\NC(=O)NC(C)(C)CC(C)(C)C)C1CCCC1. The summed E-state index contributed by atoms with van der Waals surface area (Å²) in [5, 5.41) is 5.95. The van der Waals surface area contributed by atoms with Crippen molar-refractivity contribution in [3.05, 3.63) is 11.8 Å². The van der Waals surface area contributed by atoms with Gasteiger partial charge in [-0.3, -0.25) is 0 Å². The molecule has 1 rings (SSSR count). The van der Waals surface area contributed by atoms with E-state index >= 15 is 0 Å². The van der Waals surface area contributed by atoms with Gasteiger partial charge in [0.1, 0.15) is 0 Å². The molecule has 3 heteroatoms. The molecule has 3 nitrogen and oxygen atoms in total. The van der Waals surface area contributed by atoms with E-state index in [2.05, 4.69) is 52.2 Å². The van der Waals surface area contributed by atoms with Crippen LogP contribution in [0.25, 0.3) is 0 Å². The van der Waals surface area contributed by atoms with Crippen molar-refractivity contribution in [1.82, 2.24) is 10.6 Å². The Bertz CT molecular complexity index is 358. The second kappa shape index (κ2) is 6.64. The van der Waals surface area contributed by atoms with Gasteiger partial charge in [-0.05, 0) is 51.4 Å². The van der Waals surface area contributed by atoms with Crippen LogP contribution in [0.4, 0.5) is 4.79 Å². The van der Waals surface area contributed by atoms with Gasteiger partial charge >= 0.3 is 6.03 Å². The van der Waals surface area contributed by atoms with Crippen LogP contribution in [-0.2, 0) is 0 Å². The predicted octanol–water partition coefficient (Wildman–Crippen LogP) is 4.59. The number of hydrogen-bond donors (Lipinski definition) is 2. The van der Waals surface area contributed by atoms with Crippen molar-refractivity contribution in [2.75, 3.05) is 0 Å². The van der Waals surface area contributed by atoms with Gasteiger partial charge < -0.3 is 10.6 Å². The zero-order chi connectivity index (χ0) is 15.4. The zero-order valence-corrected chi connectivity index (χ0v) is 14.1. The maximum absolute atomic E-state index is 12.0. The minimum atomic E-state index is -0.197. The van der Waals surface area contributed by atoms with E-state index in [4.69, 9.17) is 0 Å². The molecule has 2 N–H and O–H groups in total. The molecule has 1 aliphatic carbocycles. The number of hydrogen-bond acceptors (Lipinski definition) is 1. The molecular formula is C17H32N2O. The Morgan fingerprint density at radius 2 is 1.70 bits per heavy atom. The molecule has 0 saturated heterocycles. The Hall–Kier alpha value is -0.990. The Morgan fingerprint density at radius 1 is 1.15 bits per heavy atom. The highest BCUT2D eigenvalue weighted by atomic mass is 16.2. The first-order chi connectivity index (χ1) is 9.09. The molecule has 0 aromatic carbocycles. The number of allylic oxidation sites excluding steroid dienone is 1. The quantitative estimate of drug-likeness (QED) is 0.776. The van der Waals surface area contributed by atoms with Gasteiger partial charge in [0.05, 0.1) is 0 Å². The van der Waals surface area contributed by atoms with Gasteiger partial charge in [0, 0.05) is 11.7 Å². The Labute approximate surface area is 124 Å². The standard InChI is InChI=1S/C17H32N2O/c1-13(14-9-7-8-10-14)11-18-15(20)19-17(5,6)12-16(2,3)4/h11,14H,7-10,12H2,1-6H3,(H2,18,19,20)/b13-11+. The van der Waals surface area contributed by atoms with E-state index in [9.17, 15) is 4.79 Å². The van der Waals surface area contributed by atoms with E-state index in [-0.39, 0.29) is 17.0 Å².